The van der Waals surface area contributed by atoms with Crippen LogP contribution in [0.1, 0.15) is 12.0 Å². The first kappa shape index (κ1) is 15.3. The van der Waals surface area contributed by atoms with Gasteiger partial charge < -0.3 is 4.74 Å². The molecule has 0 saturated carbocycles. The Hall–Kier alpha value is -1.65. The maximum absolute atomic E-state index is 12.4. The van der Waals surface area contributed by atoms with Gasteiger partial charge in [-0.2, -0.15) is 0 Å². The molecule has 1 fully saturated rings. The molecule has 0 bridgehead atoms. The van der Waals surface area contributed by atoms with E-state index in [9.17, 15) is 8.42 Å². The lowest BCUT2D eigenvalue weighted by Gasteiger charge is -2.10. The van der Waals surface area contributed by atoms with Gasteiger partial charge in [-0.15, -0.1) is 0 Å². The molecule has 3 nitrogen and oxygen atoms in total. The Bertz CT molecular complexity index is 696. The van der Waals surface area contributed by atoms with Crippen molar-refractivity contribution in [1.82, 2.24) is 0 Å². The Morgan fingerprint density at radius 3 is 2.27 bits per heavy atom. The molecular weight excluding hydrogens is 296 g/mol. The van der Waals surface area contributed by atoms with E-state index in [0.29, 0.717) is 17.4 Å². The van der Waals surface area contributed by atoms with Crippen molar-refractivity contribution < 1.29 is 13.2 Å². The van der Waals surface area contributed by atoms with Gasteiger partial charge in [0.15, 0.2) is 9.84 Å². The van der Waals surface area contributed by atoms with Crippen LogP contribution < -0.4 is 0 Å². The normalized spacial score (nSPS) is 21.8. The molecule has 0 N–H and O–H groups in total. The summed E-state index contributed by atoms with van der Waals surface area (Å²) in [6, 6.07) is 18.9. The van der Waals surface area contributed by atoms with E-state index in [0.717, 1.165) is 12.8 Å². The van der Waals surface area contributed by atoms with Crippen LogP contribution >= 0.6 is 0 Å². The van der Waals surface area contributed by atoms with Crippen molar-refractivity contribution >= 4 is 9.84 Å². The highest BCUT2D eigenvalue weighted by Gasteiger charge is 2.30. The van der Waals surface area contributed by atoms with E-state index in [2.05, 4.69) is 12.1 Å². The average Bonchev–Trinajstić information content (AvgIpc) is 2.95. The van der Waals surface area contributed by atoms with Crippen LogP contribution in [0.4, 0.5) is 0 Å². The third-order valence-corrected chi connectivity index (χ3v) is 5.84. The van der Waals surface area contributed by atoms with Crippen LogP contribution in [-0.4, -0.2) is 26.9 Å². The number of rotatable bonds is 5. The van der Waals surface area contributed by atoms with Gasteiger partial charge in [-0.1, -0.05) is 48.5 Å². The first-order valence-electron chi connectivity index (χ1n) is 7.57. The highest BCUT2D eigenvalue weighted by molar-refractivity contribution is 7.91. The largest absolute Gasteiger partial charge is 0.377 e. The maximum atomic E-state index is 12.4. The lowest BCUT2D eigenvalue weighted by atomic mass is 9.97. The predicted octanol–water partition coefficient (Wildman–Crippen LogP) is 3.11. The summed E-state index contributed by atoms with van der Waals surface area (Å²) in [5.74, 6) is 0.473. The van der Waals surface area contributed by atoms with Gasteiger partial charge in [0.1, 0.15) is 0 Å². The van der Waals surface area contributed by atoms with Crippen LogP contribution in [0.25, 0.3) is 0 Å². The van der Waals surface area contributed by atoms with Crippen LogP contribution in [-0.2, 0) is 21.0 Å². The summed E-state index contributed by atoms with van der Waals surface area (Å²) >= 11 is 0. The van der Waals surface area contributed by atoms with E-state index in [4.69, 9.17) is 4.74 Å². The van der Waals surface area contributed by atoms with Crippen LogP contribution in [0.5, 0.6) is 0 Å². The smallest absolute Gasteiger partial charge is 0.180 e. The minimum absolute atomic E-state index is 0.0717. The number of hydrogen-bond acceptors (Lipinski definition) is 3. The van der Waals surface area contributed by atoms with Gasteiger partial charge in [0.2, 0.25) is 0 Å². The number of benzene rings is 2. The number of sulfone groups is 1. The molecule has 1 saturated heterocycles. The van der Waals surface area contributed by atoms with E-state index in [-0.39, 0.29) is 11.9 Å². The molecule has 116 valence electrons. The van der Waals surface area contributed by atoms with Crippen molar-refractivity contribution in [3.05, 3.63) is 66.2 Å². The fraction of sp³-hybridized carbons (Fsp3) is 0.333. The molecule has 4 heteroatoms. The third kappa shape index (κ3) is 3.76. The minimum atomic E-state index is -3.26. The summed E-state index contributed by atoms with van der Waals surface area (Å²) in [5.41, 5.74) is 1.28. The van der Waals surface area contributed by atoms with E-state index in [1.165, 1.54) is 5.56 Å². The fourth-order valence-electron chi connectivity index (χ4n) is 2.95. The molecule has 2 aromatic rings. The van der Waals surface area contributed by atoms with Crippen LogP contribution in [0.15, 0.2) is 65.6 Å². The maximum Gasteiger partial charge on any atom is 0.180 e. The number of ether oxygens (including phenoxy) is 1. The quantitative estimate of drug-likeness (QED) is 0.851. The molecule has 1 heterocycles. The monoisotopic (exact) mass is 316 g/mol. The van der Waals surface area contributed by atoms with Gasteiger partial charge in [-0.05, 0) is 36.5 Å². The molecule has 22 heavy (non-hydrogen) atoms. The Balaban J connectivity index is 1.59. The molecule has 1 aliphatic heterocycles. The molecule has 2 atom stereocenters. The van der Waals surface area contributed by atoms with Crippen molar-refractivity contribution in [3.63, 3.8) is 0 Å². The zero-order valence-corrected chi connectivity index (χ0v) is 13.2. The predicted molar refractivity (Wildman–Crippen MR) is 86.5 cm³/mol. The first-order chi connectivity index (χ1) is 10.6. The van der Waals surface area contributed by atoms with E-state index >= 15 is 0 Å². The lowest BCUT2D eigenvalue weighted by Crippen LogP contribution is -2.20. The molecular formula is C18H20O3S. The zero-order chi connectivity index (χ0) is 15.4. The van der Waals surface area contributed by atoms with Crippen molar-refractivity contribution in [2.75, 3.05) is 12.4 Å². The standard InChI is InChI=1S/C18H20O3S/c19-22(20,18-9-5-2-6-10-18)14-17-12-16(13-21-17)11-15-7-3-1-4-8-15/h1-10,16-17H,11-14H2/t16-,17-/m0/s1. The molecule has 0 amide bonds. The Morgan fingerprint density at radius 2 is 1.59 bits per heavy atom. The summed E-state index contributed by atoms with van der Waals surface area (Å²) in [4.78, 5) is 0.380. The molecule has 0 aliphatic carbocycles. The average molecular weight is 316 g/mol. The summed E-state index contributed by atoms with van der Waals surface area (Å²) in [5, 5.41) is 0. The second-order valence-electron chi connectivity index (χ2n) is 5.84. The molecule has 2 aromatic carbocycles. The first-order valence-corrected chi connectivity index (χ1v) is 9.22. The molecule has 0 spiro atoms. The van der Waals surface area contributed by atoms with Crippen molar-refractivity contribution in [2.45, 2.75) is 23.8 Å². The molecule has 0 radical (unpaired) electrons. The lowest BCUT2D eigenvalue weighted by molar-refractivity contribution is 0.122. The van der Waals surface area contributed by atoms with Crippen LogP contribution in [0.3, 0.4) is 0 Å². The minimum Gasteiger partial charge on any atom is -0.377 e. The topological polar surface area (TPSA) is 43.4 Å². The molecule has 3 rings (SSSR count). The zero-order valence-electron chi connectivity index (χ0n) is 12.4. The van der Waals surface area contributed by atoms with Crippen molar-refractivity contribution in [2.24, 2.45) is 5.92 Å². The third-order valence-electron chi connectivity index (χ3n) is 4.04. The Kier molecular flexibility index (Phi) is 4.60. The Labute approximate surface area is 131 Å². The fourth-order valence-corrected chi connectivity index (χ4v) is 4.44. The van der Waals surface area contributed by atoms with Gasteiger partial charge in [0.25, 0.3) is 0 Å². The summed E-state index contributed by atoms with van der Waals surface area (Å²) in [6.07, 6.45) is 1.56. The Morgan fingerprint density at radius 1 is 0.955 bits per heavy atom. The summed E-state index contributed by atoms with van der Waals surface area (Å²) in [6.45, 7) is 0.643. The van der Waals surface area contributed by atoms with Gasteiger partial charge in [0.05, 0.1) is 23.4 Å². The van der Waals surface area contributed by atoms with Crippen LogP contribution in [0, 0.1) is 5.92 Å². The van der Waals surface area contributed by atoms with Crippen molar-refractivity contribution in [1.29, 1.82) is 0 Å². The van der Waals surface area contributed by atoms with Crippen molar-refractivity contribution in [3.8, 4) is 0 Å². The van der Waals surface area contributed by atoms with E-state index < -0.39 is 9.84 Å². The second-order valence-corrected chi connectivity index (χ2v) is 7.88. The van der Waals surface area contributed by atoms with Crippen LogP contribution in [0.2, 0.25) is 0 Å². The molecule has 1 aliphatic rings. The highest BCUT2D eigenvalue weighted by atomic mass is 32.2. The summed E-state index contributed by atoms with van der Waals surface area (Å²) in [7, 11) is -3.26. The van der Waals surface area contributed by atoms with Gasteiger partial charge in [0, 0.05) is 0 Å². The second kappa shape index (κ2) is 6.63. The number of hydrogen-bond donors (Lipinski definition) is 0. The van der Waals surface area contributed by atoms with Gasteiger partial charge >= 0.3 is 0 Å². The summed E-state index contributed by atoms with van der Waals surface area (Å²) < 4.78 is 30.5. The molecule has 0 aromatic heterocycles. The SMILES string of the molecule is O=S(=O)(C[C@@H]1C[C@H](Cc2ccccc2)CO1)c1ccccc1. The van der Waals surface area contributed by atoms with Gasteiger partial charge in [-0.25, -0.2) is 8.42 Å². The highest BCUT2D eigenvalue weighted by Crippen LogP contribution is 2.26. The van der Waals surface area contributed by atoms with E-state index in [1.807, 2.05) is 24.3 Å². The molecule has 0 unspecified atom stereocenters. The van der Waals surface area contributed by atoms with E-state index in [1.54, 1.807) is 24.3 Å². The van der Waals surface area contributed by atoms with Gasteiger partial charge in [-0.3, -0.25) is 0 Å².